The lowest BCUT2D eigenvalue weighted by Crippen LogP contribution is -2.09. The second kappa shape index (κ2) is 5.50. The van der Waals surface area contributed by atoms with Crippen molar-refractivity contribution in [2.75, 3.05) is 6.61 Å². The van der Waals surface area contributed by atoms with Crippen molar-refractivity contribution in [2.24, 2.45) is 0 Å². The second-order valence-corrected chi connectivity index (χ2v) is 3.10. The van der Waals surface area contributed by atoms with Gasteiger partial charge in [0.1, 0.15) is 5.75 Å². The Morgan fingerprint density at radius 2 is 2.36 bits per heavy atom. The molecule has 0 fully saturated rings. The fraction of sp³-hybridized carbons (Fsp3) is 0.300. The van der Waals surface area contributed by atoms with Gasteiger partial charge in [0.15, 0.2) is 0 Å². The number of benzene rings is 1. The van der Waals surface area contributed by atoms with Crippen molar-refractivity contribution in [3.05, 3.63) is 28.8 Å². The Balaban J connectivity index is 2.72. The van der Waals surface area contributed by atoms with Crippen LogP contribution in [0, 0.1) is 0 Å². The molecule has 0 saturated heterocycles. The van der Waals surface area contributed by atoms with Crippen LogP contribution in [0.25, 0.3) is 0 Å². The van der Waals surface area contributed by atoms with Gasteiger partial charge < -0.3 is 10.1 Å². The number of amides is 1. The van der Waals surface area contributed by atoms with E-state index in [4.69, 9.17) is 16.3 Å². The number of carbonyl (C=O) groups is 1. The van der Waals surface area contributed by atoms with Crippen LogP contribution in [-0.2, 0) is 11.3 Å². The van der Waals surface area contributed by atoms with E-state index in [0.717, 1.165) is 5.56 Å². The molecule has 0 spiro atoms. The van der Waals surface area contributed by atoms with Crippen molar-refractivity contribution >= 4 is 18.0 Å². The molecule has 14 heavy (non-hydrogen) atoms. The van der Waals surface area contributed by atoms with E-state index in [-0.39, 0.29) is 0 Å². The van der Waals surface area contributed by atoms with E-state index in [9.17, 15) is 4.79 Å². The minimum Gasteiger partial charge on any atom is -0.492 e. The molecule has 0 radical (unpaired) electrons. The SMILES string of the molecule is CCOc1ccc(CNC=O)cc1Cl. The highest BCUT2D eigenvalue weighted by atomic mass is 35.5. The van der Waals surface area contributed by atoms with Gasteiger partial charge in [-0.25, -0.2) is 0 Å². The lowest BCUT2D eigenvalue weighted by Gasteiger charge is -2.07. The topological polar surface area (TPSA) is 38.3 Å². The molecule has 0 atom stereocenters. The van der Waals surface area contributed by atoms with E-state index in [1.807, 2.05) is 13.0 Å². The summed E-state index contributed by atoms with van der Waals surface area (Å²) >= 11 is 5.95. The van der Waals surface area contributed by atoms with Crippen molar-refractivity contribution in [3.63, 3.8) is 0 Å². The Morgan fingerprint density at radius 1 is 1.57 bits per heavy atom. The molecule has 1 rings (SSSR count). The number of hydrogen-bond donors (Lipinski definition) is 1. The summed E-state index contributed by atoms with van der Waals surface area (Å²) in [5.41, 5.74) is 0.950. The predicted octanol–water partition coefficient (Wildman–Crippen LogP) is 1.98. The maximum absolute atomic E-state index is 10.1. The normalized spacial score (nSPS) is 9.57. The molecular weight excluding hydrogens is 202 g/mol. The molecule has 3 nitrogen and oxygen atoms in total. The van der Waals surface area contributed by atoms with Crippen LogP contribution in [0.1, 0.15) is 12.5 Å². The molecule has 0 aliphatic carbocycles. The summed E-state index contributed by atoms with van der Waals surface area (Å²) in [6.45, 7) is 2.97. The Labute approximate surface area is 88.0 Å². The lowest BCUT2D eigenvalue weighted by atomic mass is 10.2. The van der Waals surface area contributed by atoms with Crippen LogP contribution in [0.5, 0.6) is 5.75 Å². The highest BCUT2D eigenvalue weighted by Crippen LogP contribution is 2.25. The number of carbonyl (C=O) groups excluding carboxylic acids is 1. The molecule has 1 aromatic rings. The molecule has 0 aromatic heterocycles. The van der Waals surface area contributed by atoms with Gasteiger partial charge in [0.25, 0.3) is 0 Å². The molecule has 1 amide bonds. The first-order chi connectivity index (χ1) is 6.77. The van der Waals surface area contributed by atoms with Crippen molar-refractivity contribution in [3.8, 4) is 5.75 Å². The standard InChI is InChI=1S/C10H12ClNO2/c1-2-14-10-4-3-8(5-9(10)11)6-12-7-13/h3-5,7H,2,6H2,1H3,(H,12,13). The average molecular weight is 214 g/mol. The first-order valence-electron chi connectivity index (χ1n) is 4.36. The third kappa shape index (κ3) is 2.92. The Kier molecular flexibility index (Phi) is 4.26. The van der Waals surface area contributed by atoms with Crippen LogP contribution in [0.4, 0.5) is 0 Å². The first-order valence-corrected chi connectivity index (χ1v) is 4.74. The van der Waals surface area contributed by atoms with Gasteiger partial charge >= 0.3 is 0 Å². The van der Waals surface area contributed by atoms with Crippen molar-refractivity contribution in [1.29, 1.82) is 0 Å². The molecule has 76 valence electrons. The zero-order chi connectivity index (χ0) is 10.4. The lowest BCUT2D eigenvalue weighted by molar-refractivity contribution is -0.109. The third-order valence-electron chi connectivity index (χ3n) is 1.69. The van der Waals surface area contributed by atoms with Crippen LogP contribution >= 0.6 is 11.6 Å². The third-order valence-corrected chi connectivity index (χ3v) is 1.98. The smallest absolute Gasteiger partial charge is 0.207 e. The second-order valence-electron chi connectivity index (χ2n) is 2.70. The molecule has 0 saturated carbocycles. The van der Waals surface area contributed by atoms with Gasteiger partial charge in [0.05, 0.1) is 11.6 Å². The minimum absolute atomic E-state index is 0.482. The summed E-state index contributed by atoms with van der Waals surface area (Å²) in [6.07, 6.45) is 0.657. The highest BCUT2D eigenvalue weighted by Gasteiger charge is 2.01. The van der Waals surface area contributed by atoms with Crippen LogP contribution in [0.3, 0.4) is 0 Å². The van der Waals surface area contributed by atoms with Crippen LogP contribution < -0.4 is 10.1 Å². The Bertz CT molecular complexity index is 315. The number of ether oxygens (including phenoxy) is 1. The van der Waals surface area contributed by atoms with Gasteiger partial charge in [-0.3, -0.25) is 4.79 Å². The van der Waals surface area contributed by atoms with Crippen molar-refractivity contribution < 1.29 is 9.53 Å². The number of nitrogens with one attached hydrogen (secondary N) is 1. The summed E-state index contributed by atoms with van der Waals surface area (Å²) in [4.78, 5) is 10.1. The van der Waals surface area contributed by atoms with Crippen LogP contribution in [-0.4, -0.2) is 13.0 Å². The maximum atomic E-state index is 10.1. The number of rotatable bonds is 5. The van der Waals surface area contributed by atoms with E-state index >= 15 is 0 Å². The summed E-state index contributed by atoms with van der Waals surface area (Å²) in [6, 6.07) is 5.45. The van der Waals surface area contributed by atoms with E-state index < -0.39 is 0 Å². The van der Waals surface area contributed by atoms with Gasteiger partial charge in [0.2, 0.25) is 6.41 Å². The van der Waals surface area contributed by atoms with Gasteiger partial charge in [-0.1, -0.05) is 17.7 Å². The molecule has 0 bridgehead atoms. The molecule has 1 N–H and O–H groups in total. The quantitative estimate of drug-likeness (QED) is 0.760. The first kappa shape index (κ1) is 10.9. The molecule has 0 unspecified atom stereocenters. The maximum Gasteiger partial charge on any atom is 0.207 e. The largest absolute Gasteiger partial charge is 0.492 e. The summed E-state index contributed by atoms with van der Waals surface area (Å²) < 4.78 is 5.27. The fourth-order valence-corrected chi connectivity index (χ4v) is 1.34. The van der Waals surface area contributed by atoms with Crippen molar-refractivity contribution in [1.82, 2.24) is 5.32 Å². The monoisotopic (exact) mass is 213 g/mol. The fourth-order valence-electron chi connectivity index (χ4n) is 1.09. The zero-order valence-corrected chi connectivity index (χ0v) is 8.67. The number of hydrogen-bond acceptors (Lipinski definition) is 2. The van der Waals surface area contributed by atoms with Gasteiger partial charge in [-0.15, -0.1) is 0 Å². The summed E-state index contributed by atoms with van der Waals surface area (Å²) in [7, 11) is 0. The summed E-state index contributed by atoms with van der Waals surface area (Å²) in [5.74, 6) is 0.670. The molecule has 1 aromatic carbocycles. The Morgan fingerprint density at radius 3 is 2.93 bits per heavy atom. The van der Waals surface area contributed by atoms with E-state index in [1.165, 1.54) is 0 Å². The minimum atomic E-state index is 0.482. The van der Waals surface area contributed by atoms with Crippen LogP contribution in [0.2, 0.25) is 5.02 Å². The summed E-state index contributed by atoms with van der Waals surface area (Å²) in [5, 5.41) is 3.13. The Hall–Kier alpha value is -1.22. The molecule has 0 aliphatic rings. The molecule has 0 aliphatic heterocycles. The number of halogens is 1. The van der Waals surface area contributed by atoms with Crippen molar-refractivity contribution in [2.45, 2.75) is 13.5 Å². The predicted molar refractivity (Wildman–Crippen MR) is 55.5 cm³/mol. The molecule has 4 heteroatoms. The highest BCUT2D eigenvalue weighted by molar-refractivity contribution is 6.32. The molecular formula is C10H12ClNO2. The van der Waals surface area contributed by atoms with Gasteiger partial charge in [0, 0.05) is 6.54 Å². The average Bonchev–Trinajstić information content (AvgIpc) is 2.19. The van der Waals surface area contributed by atoms with Crippen LogP contribution in [0.15, 0.2) is 18.2 Å². The molecule has 0 heterocycles. The zero-order valence-electron chi connectivity index (χ0n) is 7.92. The van der Waals surface area contributed by atoms with E-state index in [1.54, 1.807) is 12.1 Å². The van der Waals surface area contributed by atoms with E-state index in [0.29, 0.717) is 30.3 Å². The van der Waals surface area contributed by atoms with Gasteiger partial charge in [-0.05, 0) is 24.6 Å². The van der Waals surface area contributed by atoms with E-state index in [2.05, 4.69) is 5.32 Å². The van der Waals surface area contributed by atoms with Gasteiger partial charge in [-0.2, -0.15) is 0 Å².